The molecule has 0 unspecified atom stereocenters. The van der Waals surface area contributed by atoms with Crippen molar-refractivity contribution in [2.24, 2.45) is 0 Å². The minimum Gasteiger partial charge on any atom is -0.486 e. The Hall–Kier alpha value is -3.85. The van der Waals surface area contributed by atoms with Crippen LogP contribution in [0, 0.1) is 11.6 Å². The Morgan fingerprint density at radius 1 is 1.13 bits per heavy atom. The number of nitrogens with zero attached hydrogens (tertiary/aromatic N) is 3. The largest absolute Gasteiger partial charge is 0.486 e. The number of carbonyl (C=O) groups excluding carboxylic acids is 1. The molecule has 0 aliphatic carbocycles. The molecule has 9 heteroatoms. The fraction of sp³-hybridized carbons (Fsp3) is 0.136. The molecule has 0 atom stereocenters. The first-order chi connectivity index (χ1) is 15.1. The van der Waals surface area contributed by atoms with Crippen molar-refractivity contribution in [2.45, 2.75) is 13.2 Å². The van der Waals surface area contributed by atoms with E-state index in [0.717, 1.165) is 12.1 Å². The Balaban J connectivity index is 1.59. The molecule has 31 heavy (non-hydrogen) atoms. The molecule has 0 bridgehead atoms. The molecule has 2 N–H and O–H groups in total. The second-order valence-corrected chi connectivity index (χ2v) is 6.67. The van der Waals surface area contributed by atoms with Crippen LogP contribution in [0.2, 0.25) is 0 Å². The van der Waals surface area contributed by atoms with Gasteiger partial charge in [-0.15, -0.1) is 0 Å². The highest BCUT2D eigenvalue weighted by Gasteiger charge is 2.15. The summed E-state index contributed by atoms with van der Waals surface area (Å²) in [7, 11) is 0. The van der Waals surface area contributed by atoms with Gasteiger partial charge in [-0.2, -0.15) is 5.10 Å². The van der Waals surface area contributed by atoms with Gasteiger partial charge in [-0.1, -0.05) is 18.2 Å². The third-order valence-corrected chi connectivity index (χ3v) is 4.63. The molecule has 7 nitrogen and oxygen atoms in total. The van der Waals surface area contributed by atoms with Crippen LogP contribution in [0.15, 0.2) is 61.1 Å². The first-order valence-electron chi connectivity index (χ1n) is 9.45. The molecule has 0 saturated heterocycles. The smallest absolute Gasteiger partial charge is 0.256 e. The van der Waals surface area contributed by atoms with E-state index in [0.29, 0.717) is 34.4 Å². The molecule has 0 radical (unpaired) electrons. The van der Waals surface area contributed by atoms with Crippen LogP contribution in [-0.4, -0.2) is 32.4 Å². The van der Waals surface area contributed by atoms with E-state index in [9.17, 15) is 13.6 Å². The van der Waals surface area contributed by atoms with Gasteiger partial charge in [-0.3, -0.25) is 14.5 Å². The summed E-state index contributed by atoms with van der Waals surface area (Å²) in [4.78, 5) is 17.1. The van der Waals surface area contributed by atoms with Crippen LogP contribution in [0.5, 0.6) is 5.75 Å². The number of rotatable bonds is 7. The van der Waals surface area contributed by atoms with Crippen LogP contribution in [0.1, 0.15) is 15.9 Å². The number of hydrogen-bond donors (Lipinski definition) is 2. The van der Waals surface area contributed by atoms with Gasteiger partial charge in [0.05, 0.1) is 36.2 Å². The van der Waals surface area contributed by atoms with Crippen molar-refractivity contribution in [2.75, 3.05) is 11.9 Å². The lowest BCUT2D eigenvalue weighted by molar-refractivity contribution is 0.102. The van der Waals surface area contributed by atoms with Gasteiger partial charge in [0, 0.05) is 17.8 Å². The molecular formula is C22H18F2N4O3. The summed E-state index contributed by atoms with van der Waals surface area (Å²) in [6.07, 6.45) is 4.55. The van der Waals surface area contributed by atoms with Gasteiger partial charge >= 0.3 is 0 Å². The molecule has 2 heterocycles. The number of ether oxygens (including phenoxy) is 1. The lowest BCUT2D eigenvalue weighted by atomic mass is 10.1. The van der Waals surface area contributed by atoms with Crippen LogP contribution in [-0.2, 0) is 13.2 Å². The van der Waals surface area contributed by atoms with Crippen molar-refractivity contribution in [3.05, 3.63) is 83.8 Å². The van der Waals surface area contributed by atoms with Crippen molar-refractivity contribution < 1.29 is 23.4 Å². The molecular weight excluding hydrogens is 406 g/mol. The van der Waals surface area contributed by atoms with Crippen LogP contribution in [0.4, 0.5) is 14.5 Å². The number of fused-ring (bicyclic) bond motifs is 1. The molecule has 158 valence electrons. The zero-order valence-electron chi connectivity index (χ0n) is 16.3. The number of amides is 1. The lowest BCUT2D eigenvalue weighted by Crippen LogP contribution is -2.12. The molecule has 0 aliphatic heterocycles. The Bertz CT molecular complexity index is 1220. The molecule has 0 spiro atoms. The second-order valence-electron chi connectivity index (χ2n) is 6.67. The Morgan fingerprint density at radius 2 is 1.90 bits per heavy atom. The summed E-state index contributed by atoms with van der Waals surface area (Å²) in [5.41, 5.74) is 1.03. The van der Waals surface area contributed by atoms with Crippen LogP contribution >= 0.6 is 0 Å². The molecule has 0 saturated carbocycles. The van der Waals surface area contributed by atoms with Crippen LogP contribution in [0.3, 0.4) is 0 Å². The van der Waals surface area contributed by atoms with Crippen molar-refractivity contribution in [1.29, 1.82) is 0 Å². The summed E-state index contributed by atoms with van der Waals surface area (Å²) < 4.78 is 34.9. The summed E-state index contributed by atoms with van der Waals surface area (Å²) in [6, 6.07) is 10.2. The predicted octanol–water partition coefficient (Wildman–Crippen LogP) is 3.53. The molecule has 0 fully saturated rings. The molecule has 0 aliphatic rings. The average molecular weight is 424 g/mol. The van der Waals surface area contributed by atoms with Crippen molar-refractivity contribution in [1.82, 2.24) is 14.8 Å². The van der Waals surface area contributed by atoms with Gasteiger partial charge in [0.2, 0.25) is 0 Å². The normalized spacial score (nSPS) is 10.9. The monoisotopic (exact) mass is 424 g/mol. The average Bonchev–Trinajstić information content (AvgIpc) is 3.20. The number of nitrogens with one attached hydrogen (secondary N) is 1. The summed E-state index contributed by atoms with van der Waals surface area (Å²) in [5.74, 6) is -1.48. The number of para-hydroxylation sites is 1. The van der Waals surface area contributed by atoms with Crippen LogP contribution in [0.25, 0.3) is 10.9 Å². The maximum absolute atomic E-state index is 13.9. The van der Waals surface area contributed by atoms with E-state index >= 15 is 0 Å². The minimum absolute atomic E-state index is 0.0659. The Kier molecular flexibility index (Phi) is 5.85. The zero-order valence-corrected chi connectivity index (χ0v) is 16.3. The van der Waals surface area contributed by atoms with Gasteiger partial charge in [0.25, 0.3) is 5.91 Å². The van der Waals surface area contributed by atoms with Gasteiger partial charge < -0.3 is 15.2 Å². The van der Waals surface area contributed by atoms with Crippen molar-refractivity contribution in [3.63, 3.8) is 0 Å². The van der Waals surface area contributed by atoms with Gasteiger partial charge in [-0.05, 0) is 24.3 Å². The number of aromatic nitrogens is 3. The maximum atomic E-state index is 13.9. The molecule has 2 aromatic carbocycles. The fourth-order valence-corrected chi connectivity index (χ4v) is 3.13. The summed E-state index contributed by atoms with van der Waals surface area (Å²) >= 11 is 0. The molecule has 4 rings (SSSR count). The fourth-order valence-electron chi connectivity index (χ4n) is 3.13. The minimum atomic E-state index is -0.699. The third kappa shape index (κ3) is 4.36. The standard InChI is InChI=1S/C22H18F2N4O3/c23-18-4-2-5-19(24)17(18)13-31-20-6-1-3-15-16(7-8-25-21(15)20)22(30)27-14-11-26-28(12-14)9-10-29/h1-8,11-12,29H,9-10,13H2,(H,27,30). The highest BCUT2D eigenvalue weighted by atomic mass is 19.1. The second kappa shape index (κ2) is 8.88. The van der Waals surface area contributed by atoms with E-state index in [-0.39, 0.29) is 24.7 Å². The number of anilines is 1. The van der Waals surface area contributed by atoms with E-state index in [1.807, 2.05) is 0 Å². The Morgan fingerprint density at radius 3 is 2.68 bits per heavy atom. The van der Waals surface area contributed by atoms with Crippen LogP contribution < -0.4 is 10.1 Å². The SMILES string of the molecule is O=C(Nc1cnn(CCO)c1)c1ccnc2c(OCc3c(F)cccc3F)cccc12. The highest BCUT2D eigenvalue weighted by Crippen LogP contribution is 2.28. The highest BCUT2D eigenvalue weighted by molar-refractivity contribution is 6.12. The number of benzene rings is 2. The third-order valence-electron chi connectivity index (χ3n) is 4.63. The van der Waals surface area contributed by atoms with E-state index in [1.165, 1.54) is 23.1 Å². The zero-order chi connectivity index (χ0) is 21.8. The number of aliphatic hydroxyl groups is 1. The number of halogens is 2. The van der Waals surface area contributed by atoms with Gasteiger partial charge in [-0.25, -0.2) is 8.78 Å². The summed E-state index contributed by atoms with van der Waals surface area (Å²) in [6.45, 7) is -0.0687. The molecule has 1 amide bonds. The van der Waals surface area contributed by atoms with E-state index in [4.69, 9.17) is 9.84 Å². The topological polar surface area (TPSA) is 89.3 Å². The van der Waals surface area contributed by atoms with Gasteiger partial charge in [0.1, 0.15) is 29.5 Å². The molecule has 4 aromatic rings. The van der Waals surface area contributed by atoms with Crippen molar-refractivity contribution >= 4 is 22.5 Å². The van der Waals surface area contributed by atoms with E-state index < -0.39 is 11.6 Å². The first-order valence-corrected chi connectivity index (χ1v) is 9.45. The lowest BCUT2D eigenvalue weighted by Gasteiger charge is -2.12. The number of carbonyl (C=O) groups is 1. The van der Waals surface area contributed by atoms with Crippen molar-refractivity contribution in [3.8, 4) is 5.75 Å². The predicted molar refractivity (Wildman–Crippen MR) is 110 cm³/mol. The summed E-state index contributed by atoms with van der Waals surface area (Å²) in [5, 5.41) is 16.3. The maximum Gasteiger partial charge on any atom is 0.256 e. The first kappa shape index (κ1) is 20.4. The number of aliphatic hydroxyl groups excluding tert-OH is 1. The number of pyridine rings is 1. The Labute approximate surface area is 175 Å². The van der Waals surface area contributed by atoms with E-state index in [2.05, 4.69) is 15.4 Å². The van der Waals surface area contributed by atoms with Gasteiger partial charge in [0.15, 0.2) is 0 Å². The van der Waals surface area contributed by atoms with E-state index in [1.54, 1.807) is 30.5 Å². The number of hydrogen-bond acceptors (Lipinski definition) is 5. The molecule has 2 aromatic heterocycles. The quantitative estimate of drug-likeness (QED) is 0.474.